The van der Waals surface area contributed by atoms with Gasteiger partial charge in [0.2, 0.25) is 0 Å². The average Bonchev–Trinajstić information content (AvgIpc) is 2.37. The summed E-state index contributed by atoms with van der Waals surface area (Å²) < 4.78 is 0. The Morgan fingerprint density at radius 1 is 1.15 bits per heavy atom. The fraction of sp³-hybridized carbons (Fsp3) is 0.250. The molecule has 0 saturated heterocycles. The molecule has 0 atom stereocenters. The molecule has 0 radical (unpaired) electrons. The van der Waals surface area contributed by atoms with Crippen LogP contribution in [-0.2, 0) is 0 Å². The first-order valence-corrected chi connectivity index (χ1v) is 6.47. The third kappa shape index (κ3) is 2.64. The molecule has 2 aromatic rings. The molecule has 0 bridgehead atoms. The molecule has 1 aromatic carbocycles. The molecule has 0 unspecified atom stereocenters. The second-order valence-electron chi connectivity index (χ2n) is 5.08. The van der Waals surface area contributed by atoms with Gasteiger partial charge in [-0.1, -0.05) is 17.7 Å². The molecule has 0 spiro atoms. The Morgan fingerprint density at radius 2 is 1.75 bits per heavy atom. The molecule has 1 heterocycles. The van der Waals surface area contributed by atoms with Gasteiger partial charge in [-0.3, -0.25) is 4.79 Å². The van der Waals surface area contributed by atoms with Crippen molar-refractivity contribution in [2.75, 3.05) is 17.7 Å². The highest BCUT2D eigenvalue weighted by Crippen LogP contribution is 2.21. The number of nitrogens with two attached hydrogens (primary N) is 1. The lowest BCUT2D eigenvalue weighted by molar-refractivity contribution is 0.0992. The highest BCUT2D eigenvalue weighted by Gasteiger charge is 2.18. The maximum atomic E-state index is 12.6. The number of amides is 1. The van der Waals surface area contributed by atoms with Crippen LogP contribution < -0.4 is 10.6 Å². The van der Waals surface area contributed by atoms with Crippen molar-refractivity contribution < 1.29 is 4.79 Å². The molecule has 4 heteroatoms. The summed E-state index contributed by atoms with van der Waals surface area (Å²) in [5, 5.41) is 0. The Kier molecular flexibility index (Phi) is 3.74. The highest BCUT2D eigenvalue weighted by atomic mass is 16.2. The zero-order valence-corrected chi connectivity index (χ0v) is 12.3. The second-order valence-corrected chi connectivity index (χ2v) is 5.08. The molecule has 0 aliphatic heterocycles. The summed E-state index contributed by atoms with van der Waals surface area (Å²) in [6, 6.07) is 7.53. The number of benzene rings is 1. The van der Waals surface area contributed by atoms with E-state index >= 15 is 0 Å². The van der Waals surface area contributed by atoms with E-state index < -0.39 is 0 Å². The molecule has 0 saturated carbocycles. The van der Waals surface area contributed by atoms with Crippen molar-refractivity contribution in [1.29, 1.82) is 0 Å². The summed E-state index contributed by atoms with van der Waals surface area (Å²) in [6.45, 7) is 5.95. The van der Waals surface area contributed by atoms with Crippen molar-refractivity contribution in [2.45, 2.75) is 20.8 Å². The number of carbonyl (C=O) groups is 1. The number of aryl methyl sites for hydroxylation is 3. The summed E-state index contributed by atoms with van der Waals surface area (Å²) in [4.78, 5) is 18.3. The quantitative estimate of drug-likeness (QED) is 0.912. The van der Waals surface area contributed by atoms with Crippen molar-refractivity contribution in [2.24, 2.45) is 0 Å². The SMILES string of the molecule is Cc1cc(C)c(C(=O)N(C)c2ccc(N)nc2)c(C)c1. The molecule has 4 nitrogen and oxygen atoms in total. The molecular formula is C16H19N3O. The zero-order chi connectivity index (χ0) is 14.9. The first kappa shape index (κ1) is 14.1. The lowest BCUT2D eigenvalue weighted by Crippen LogP contribution is -2.28. The van der Waals surface area contributed by atoms with Crippen LogP contribution >= 0.6 is 0 Å². The van der Waals surface area contributed by atoms with E-state index in [1.165, 1.54) is 0 Å². The van der Waals surface area contributed by atoms with Crippen molar-refractivity contribution in [3.8, 4) is 0 Å². The fourth-order valence-electron chi connectivity index (χ4n) is 2.40. The van der Waals surface area contributed by atoms with Gasteiger partial charge in [-0.15, -0.1) is 0 Å². The van der Waals surface area contributed by atoms with Crippen LogP contribution in [0.5, 0.6) is 0 Å². The van der Waals surface area contributed by atoms with E-state index in [0.29, 0.717) is 5.82 Å². The van der Waals surface area contributed by atoms with E-state index in [1.807, 2.05) is 32.9 Å². The van der Waals surface area contributed by atoms with Crippen LogP contribution in [0.15, 0.2) is 30.5 Å². The number of pyridine rings is 1. The number of aromatic nitrogens is 1. The van der Waals surface area contributed by atoms with Crippen LogP contribution in [0, 0.1) is 20.8 Å². The number of anilines is 2. The van der Waals surface area contributed by atoms with Crippen LogP contribution in [0.1, 0.15) is 27.0 Å². The number of rotatable bonds is 2. The zero-order valence-electron chi connectivity index (χ0n) is 12.3. The number of nitrogen functional groups attached to an aromatic ring is 1. The van der Waals surface area contributed by atoms with Crippen molar-refractivity contribution >= 4 is 17.4 Å². The van der Waals surface area contributed by atoms with Gasteiger partial charge in [0, 0.05) is 12.6 Å². The number of hydrogen-bond donors (Lipinski definition) is 1. The molecule has 1 amide bonds. The number of carbonyl (C=O) groups excluding carboxylic acids is 1. The summed E-state index contributed by atoms with van der Waals surface area (Å²) in [6.07, 6.45) is 1.60. The van der Waals surface area contributed by atoms with E-state index in [4.69, 9.17) is 5.73 Å². The third-order valence-corrected chi connectivity index (χ3v) is 3.35. The molecule has 1 aromatic heterocycles. The van der Waals surface area contributed by atoms with Crippen molar-refractivity contribution in [3.63, 3.8) is 0 Å². The van der Waals surface area contributed by atoms with Gasteiger partial charge >= 0.3 is 0 Å². The summed E-state index contributed by atoms with van der Waals surface area (Å²) in [7, 11) is 1.74. The van der Waals surface area contributed by atoms with Gasteiger partial charge in [0.05, 0.1) is 11.9 Å². The maximum Gasteiger partial charge on any atom is 0.258 e. The molecule has 0 aliphatic rings. The van der Waals surface area contributed by atoms with Gasteiger partial charge in [-0.05, 0) is 44.0 Å². The number of nitrogens with zero attached hydrogens (tertiary/aromatic N) is 2. The van der Waals surface area contributed by atoms with Crippen LogP contribution in [0.3, 0.4) is 0 Å². The fourth-order valence-corrected chi connectivity index (χ4v) is 2.40. The van der Waals surface area contributed by atoms with E-state index in [9.17, 15) is 4.79 Å². The van der Waals surface area contributed by atoms with Crippen molar-refractivity contribution in [1.82, 2.24) is 4.98 Å². The van der Waals surface area contributed by atoms with Crippen LogP contribution in [0.4, 0.5) is 11.5 Å². The molecule has 20 heavy (non-hydrogen) atoms. The first-order chi connectivity index (χ1) is 9.40. The van der Waals surface area contributed by atoms with E-state index in [1.54, 1.807) is 30.3 Å². The Hall–Kier alpha value is -2.36. The Balaban J connectivity index is 2.39. The molecule has 2 N–H and O–H groups in total. The minimum absolute atomic E-state index is 0.0356. The third-order valence-electron chi connectivity index (χ3n) is 3.35. The van der Waals surface area contributed by atoms with Gasteiger partial charge in [-0.25, -0.2) is 4.98 Å². The summed E-state index contributed by atoms with van der Waals surface area (Å²) in [5.41, 5.74) is 10.2. The lowest BCUT2D eigenvalue weighted by atomic mass is 9.99. The standard InChI is InChI=1S/C16H19N3O/c1-10-7-11(2)15(12(3)8-10)16(20)19(4)13-5-6-14(17)18-9-13/h5-9H,1-4H3,(H2,17,18). The smallest absolute Gasteiger partial charge is 0.258 e. The predicted octanol–water partition coefficient (Wildman–Crippen LogP) is 2.87. The molecule has 2 rings (SSSR count). The Labute approximate surface area is 119 Å². The van der Waals surface area contributed by atoms with Gasteiger partial charge in [0.25, 0.3) is 5.91 Å². The Morgan fingerprint density at radius 3 is 2.25 bits per heavy atom. The van der Waals surface area contributed by atoms with Gasteiger partial charge < -0.3 is 10.6 Å². The van der Waals surface area contributed by atoms with E-state index in [0.717, 1.165) is 27.9 Å². The van der Waals surface area contributed by atoms with Crippen molar-refractivity contribution in [3.05, 3.63) is 52.7 Å². The summed E-state index contributed by atoms with van der Waals surface area (Å²) in [5.74, 6) is 0.406. The Bertz CT molecular complexity index is 624. The largest absolute Gasteiger partial charge is 0.384 e. The van der Waals surface area contributed by atoms with Gasteiger partial charge in [-0.2, -0.15) is 0 Å². The van der Waals surface area contributed by atoms with Gasteiger partial charge in [0.1, 0.15) is 5.82 Å². The van der Waals surface area contributed by atoms with Crippen LogP contribution in [-0.4, -0.2) is 17.9 Å². The first-order valence-electron chi connectivity index (χ1n) is 6.47. The van der Waals surface area contributed by atoms with Gasteiger partial charge in [0.15, 0.2) is 0 Å². The molecule has 104 valence electrons. The van der Waals surface area contributed by atoms with Crippen LogP contribution in [0.2, 0.25) is 0 Å². The second kappa shape index (κ2) is 5.33. The number of hydrogen-bond acceptors (Lipinski definition) is 3. The molecule has 0 aliphatic carbocycles. The minimum atomic E-state index is -0.0356. The highest BCUT2D eigenvalue weighted by molar-refractivity contribution is 6.07. The van der Waals surface area contributed by atoms with Crippen LogP contribution in [0.25, 0.3) is 0 Å². The monoisotopic (exact) mass is 269 g/mol. The topological polar surface area (TPSA) is 59.2 Å². The molecular weight excluding hydrogens is 250 g/mol. The normalized spacial score (nSPS) is 10.4. The van der Waals surface area contributed by atoms with E-state index in [-0.39, 0.29) is 5.91 Å². The average molecular weight is 269 g/mol. The minimum Gasteiger partial charge on any atom is -0.384 e. The van der Waals surface area contributed by atoms with E-state index in [2.05, 4.69) is 4.98 Å². The summed E-state index contributed by atoms with van der Waals surface area (Å²) >= 11 is 0. The predicted molar refractivity (Wildman–Crippen MR) is 82.0 cm³/mol. The maximum absolute atomic E-state index is 12.6. The lowest BCUT2D eigenvalue weighted by Gasteiger charge is -2.20. The molecule has 0 fully saturated rings.